The van der Waals surface area contributed by atoms with Crippen LogP contribution in [0, 0.1) is 5.82 Å². The Balaban J connectivity index is 1.74. The van der Waals surface area contributed by atoms with Crippen LogP contribution < -0.4 is 0 Å². The molecule has 0 unspecified atom stereocenters. The normalized spacial score (nSPS) is 14.9. The van der Waals surface area contributed by atoms with Crippen molar-refractivity contribution in [3.63, 3.8) is 0 Å². The highest BCUT2D eigenvalue weighted by Crippen LogP contribution is 2.38. The number of nitrogens with zero attached hydrogens (tertiary/aromatic N) is 4. The molecule has 0 radical (unpaired) electrons. The molecule has 0 saturated carbocycles. The van der Waals surface area contributed by atoms with Crippen LogP contribution in [-0.4, -0.2) is 20.7 Å². The third-order valence-electron chi connectivity index (χ3n) is 4.13. The molecule has 0 amide bonds. The number of aliphatic imine (C=N–C) groups is 1. The van der Waals surface area contributed by atoms with Crippen molar-refractivity contribution in [2.24, 2.45) is 4.99 Å². The van der Waals surface area contributed by atoms with Crippen molar-refractivity contribution in [2.45, 2.75) is 19.3 Å². The van der Waals surface area contributed by atoms with Gasteiger partial charge in [0, 0.05) is 29.6 Å². The lowest BCUT2D eigenvalue weighted by atomic mass is 9.86. The molecule has 3 aromatic rings. The molecule has 1 aliphatic heterocycles. The summed E-state index contributed by atoms with van der Waals surface area (Å²) in [6.45, 7) is 4.28. The van der Waals surface area contributed by atoms with Crippen LogP contribution in [0.5, 0.6) is 0 Å². The van der Waals surface area contributed by atoms with E-state index in [1.807, 2.05) is 24.5 Å². The zero-order valence-electron chi connectivity index (χ0n) is 12.9. The SMILES string of the molecule is CC1(C)C=Nc2cc(-c3cn(-c4ccncc4F)cn3)ccc21. The first-order valence-corrected chi connectivity index (χ1v) is 7.39. The Hall–Kier alpha value is -2.82. The summed E-state index contributed by atoms with van der Waals surface area (Å²) in [4.78, 5) is 12.6. The molecule has 5 heteroatoms. The average Bonchev–Trinajstić information content (AvgIpc) is 3.13. The van der Waals surface area contributed by atoms with E-state index in [0.29, 0.717) is 5.69 Å². The highest BCUT2D eigenvalue weighted by Gasteiger charge is 2.26. The van der Waals surface area contributed by atoms with E-state index in [9.17, 15) is 4.39 Å². The second-order valence-electron chi connectivity index (χ2n) is 6.21. The van der Waals surface area contributed by atoms with E-state index < -0.39 is 0 Å². The molecule has 4 rings (SSSR count). The van der Waals surface area contributed by atoms with Crippen molar-refractivity contribution < 1.29 is 4.39 Å². The van der Waals surface area contributed by atoms with E-state index in [2.05, 4.69) is 34.9 Å². The first kappa shape index (κ1) is 13.8. The fraction of sp³-hybridized carbons (Fsp3) is 0.167. The van der Waals surface area contributed by atoms with E-state index in [1.165, 1.54) is 11.8 Å². The molecule has 0 bridgehead atoms. The van der Waals surface area contributed by atoms with E-state index >= 15 is 0 Å². The van der Waals surface area contributed by atoms with Crippen LogP contribution in [0.25, 0.3) is 16.9 Å². The van der Waals surface area contributed by atoms with Crippen LogP contribution in [0.4, 0.5) is 10.1 Å². The molecule has 23 heavy (non-hydrogen) atoms. The van der Waals surface area contributed by atoms with Gasteiger partial charge in [0.05, 0.1) is 23.3 Å². The quantitative estimate of drug-likeness (QED) is 0.716. The van der Waals surface area contributed by atoms with Crippen LogP contribution in [0.15, 0.2) is 54.2 Å². The summed E-state index contributed by atoms with van der Waals surface area (Å²) < 4.78 is 15.5. The molecule has 3 heterocycles. The van der Waals surface area contributed by atoms with Crippen LogP contribution in [-0.2, 0) is 5.41 Å². The minimum Gasteiger partial charge on any atom is -0.303 e. The minimum atomic E-state index is -0.378. The van der Waals surface area contributed by atoms with Crippen LogP contribution in [0.1, 0.15) is 19.4 Å². The molecule has 0 atom stereocenters. The maximum Gasteiger partial charge on any atom is 0.165 e. The summed E-state index contributed by atoms with van der Waals surface area (Å²) in [5, 5.41) is 0. The number of hydrogen-bond donors (Lipinski definition) is 0. The van der Waals surface area contributed by atoms with Gasteiger partial charge in [0.2, 0.25) is 0 Å². The van der Waals surface area contributed by atoms with E-state index in [4.69, 9.17) is 0 Å². The molecule has 1 aromatic carbocycles. The molecule has 2 aromatic heterocycles. The Morgan fingerprint density at radius 1 is 1.17 bits per heavy atom. The fourth-order valence-electron chi connectivity index (χ4n) is 2.82. The molecular formula is C18H15FN4. The van der Waals surface area contributed by atoms with Crippen molar-refractivity contribution >= 4 is 11.9 Å². The summed E-state index contributed by atoms with van der Waals surface area (Å²) in [7, 11) is 0. The number of pyridine rings is 1. The highest BCUT2D eigenvalue weighted by atomic mass is 19.1. The van der Waals surface area contributed by atoms with Crippen molar-refractivity contribution in [1.82, 2.24) is 14.5 Å². The second-order valence-corrected chi connectivity index (χ2v) is 6.21. The lowest BCUT2D eigenvalue weighted by molar-refractivity contribution is 0.611. The Kier molecular flexibility index (Phi) is 2.91. The van der Waals surface area contributed by atoms with Crippen LogP contribution >= 0.6 is 0 Å². The predicted octanol–water partition coefficient (Wildman–Crippen LogP) is 4.07. The highest BCUT2D eigenvalue weighted by molar-refractivity contribution is 5.86. The van der Waals surface area contributed by atoms with Gasteiger partial charge in [-0.05, 0) is 17.7 Å². The van der Waals surface area contributed by atoms with Gasteiger partial charge in [-0.3, -0.25) is 9.98 Å². The predicted molar refractivity (Wildman–Crippen MR) is 87.9 cm³/mol. The molecule has 0 N–H and O–H groups in total. The maximum absolute atomic E-state index is 13.8. The number of imidazole rings is 1. The number of halogens is 1. The Labute approximate surface area is 133 Å². The smallest absolute Gasteiger partial charge is 0.165 e. The van der Waals surface area contributed by atoms with Crippen LogP contribution in [0.2, 0.25) is 0 Å². The molecule has 114 valence electrons. The molecule has 0 fully saturated rings. The van der Waals surface area contributed by atoms with Gasteiger partial charge in [-0.25, -0.2) is 9.37 Å². The third kappa shape index (κ3) is 2.25. The first-order valence-electron chi connectivity index (χ1n) is 7.39. The van der Waals surface area contributed by atoms with Gasteiger partial charge in [0.25, 0.3) is 0 Å². The van der Waals surface area contributed by atoms with Gasteiger partial charge < -0.3 is 4.57 Å². The minimum absolute atomic E-state index is 0.0343. The monoisotopic (exact) mass is 306 g/mol. The zero-order valence-corrected chi connectivity index (χ0v) is 12.9. The number of rotatable bonds is 2. The maximum atomic E-state index is 13.8. The van der Waals surface area contributed by atoms with Crippen molar-refractivity contribution in [2.75, 3.05) is 0 Å². The van der Waals surface area contributed by atoms with Crippen molar-refractivity contribution in [1.29, 1.82) is 0 Å². The molecule has 0 saturated heterocycles. The topological polar surface area (TPSA) is 43.1 Å². The zero-order chi connectivity index (χ0) is 16.0. The summed E-state index contributed by atoms with van der Waals surface area (Å²) >= 11 is 0. The van der Waals surface area contributed by atoms with Gasteiger partial charge in [0.1, 0.15) is 6.33 Å². The van der Waals surface area contributed by atoms with Gasteiger partial charge in [-0.15, -0.1) is 0 Å². The van der Waals surface area contributed by atoms with Gasteiger partial charge in [-0.2, -0.15) is 0 Å². The van der Waals surface area contributed by atoms with Gasteiger partial charge in [0.15, 0.2) is 5.82 Å². The fourth-order valence-corrected chi connectivity index (χ4v) is 2.82. The largest absolute Gasteiger partial charge is 0.303 e. The first-order chi connectivity index (χ1) is 11.0. The Morgan fingerprint density at radius 2 is 2.04 bits per heavy atom. The molecule has 4 nitrogen and oxygen atoms in total. The lowest BCUT2D eigenvalue weighted by Gasteiger charge is -2.15. The second kappa shape index (κ2) is 4.84. The molecule has 1 aliphatic rings. The standard InChI is InChI=1S/C18H15FN4/c1-18(2)10-21-15-7-12(3-4-13(15)18)16-9-23(11-22-16)17-5-6-20-8-14(17)19/h3-11H,1-2H3. The van der Waals surface area contributed by atoms with Crippen molar-refractivity contribution in [3.05, 3.63) is 60.6 Å². The summed E-state index contributed by atoms with van der Waals surface area (Å²) in [5.74, 6) is -0.378. The number of hydrogen-bond acceptors (Lipinski definition) is 3. The molecular weight excluding hydrogens is 291 g/mol. The average molecular weight is 306 g/mol. The van der Waals surface area contributed by atoms with Gasteiger partial charge >= 0.3 is 0 Å². The number of aromatic nitrogens is 3. The molecule has 0 aliphatic carbocycles. The number of fused-ring (bicyclic) bond motifs is 1. The summed E-state index contributed by atoms with van der Waals surface area (Å²) in [6.07, 6.45) is 8.13. The van der Waals surface area contributed by atoms with Crippen molar-refractivity contribution in [3.8, 4) is 16.9 Å². The Bertz CT molecular complexity index is 924. The summed E-state index contributed by atoms with van der Waals surface area (Å²) in [6, 6.07) is 7.76. The third-order valence-corrected chi connectivity index (χ3v) is 4.13. The van der Waals surface area contributed by atoms with E-state index in [0.717, 1.165) is 16.9 Å². The van der Waals surface area contributed by atoms with E-state index in [1.54, 1.807) is 23.2 Å². The summed E-state index contributed by atoms with van der Waals surface area (Å²) in [5.41, 5.74) is 4.32. The molecule has 0 spiro atoms. The number of benzene rings is 1. The van der Waals surface area contributed by atoms with E-state index in [-0.39, 0.29) is 11.2 Å². The Morgan fingerprint density at radius 3 is 2.87 bits per heavy atom. The lowest BCUT2D eigenvalue weighted by Crippen LogP contribution is -2.14. The van der Waals surface area contributed by atoms with Crippen LogP contribution in [0.3, 0.4) is 0 Å². The van der Waals surface area contributed by atoms with Gasteiger partial charge in [-0.1, -0.05) is 26.0 Å².